The fourth-order valence-corrected chi connectivity index (χ4v) is 4.59. The third kappa shape index (κ3) is 4.65. The number of hydrogen-bond acceptors (Lipinski definition) is 6. The average molecular weight is 462 g/mol. The van der Waals surface area contributed by atoms with Crippen molar-refractivity contribution in [2.45, 2.75) is 26.2 Å². The number of aryl methyl sites for hydroxylation is 1. The summed E-state index contributed by atoms with van der Waals surface area (Å²) in [7, 11) is 0. The SMILES string of the molecule is Cc1cccc(-n2nc3nc(NCCN4CCCCC4)nc(-c4cccc(Cl)c4)c3c2N)c1. The number of piperidine rings is 1. The zero-order valence-electron chi connectivity index (χ0n) is 18.8. The minimum absolute atomic E-state index is 0.505. The number of hydrogen-bond donors (Lipinski definition) is 2. The number of nitrogens with two attached hydrogens (primary N) is 1. The molecule has 0 atom stereocenters. The van der Waals surface area contributed by atoms with Crippen LogP contribution in [0, 0.1) is 6.92 Å². The van der Waals surface area contributed by atoms with E-state index in [4.69, 9.17) is 32.4 Å². The molecule has 1 aliphatic rings. The van der Waals surface area contributed by atoms with Gasteiger partial charge in [0.1, 0.15) is 5.82 Å². The Labute approximate surface area is 198 Å². The van der Waals surface area contributed by atoms with E-state index in [1.165, 1.54) is 19.3 Å². The van der Waals surface area contributed by atoms with Crippen LogP contribution in [0.5, 0.6) is 0 Å². The Balaban J connectivity index is 1.55. The predicted octanol–water partition coefficient (Wildman–Crippen LogP) is 4.92. The molecule has 0 amide bonds. The first kappa shape index (κ1) is 21.7. The Kier molecular flexibility index (Phi) is 6.15. The summed E-state index contributed by atoms with van der Waals surface area (Å²) in [5.74, 6) is 1.05. The van der Waals surface area contributed by atoms with Gasteiger partial charge in [-0.25, -0.2) is 9.67 Å². The van der Waals surface area contributed by atoms with Gasteiger partial charge in [-0.3, -0.25) is 0 Å². The first-order chi connectivity index (χ1) is 16.1. The molecule has 8 heteroatoms. The maximum Gasteiger partial charge on any atom is 0.225 e. The van der Waals surface area contributed by atoms with Gasteiger partial charge in [0.15, 0.2) is 5.65 Å². The Morgan fingerprint density at radius 1 is 1.03 bits per heavy atom. The molecular formula is C25H28ClN7. The quantitative estimate of drug-likeness (QED) is 0.423. The molecule has 0 spiro atoms. The van der Waals surface area contributed by atoms with Crippen LogP contribution in [0.3, 0.4) is 0 Å². The van der Waals surface area contributed by atoms with Crippen LogP contribution < -0.4 is 11.1 Å². The number of rotatable bonds is 6. The van der Waals surface area contributed by atoms with Crippen molar-refractivity contribution in [3.05, 3.63) is 59.1 Å². The number of nitrogens with one attached hydrogen (secondary N) is 1. The molecular weight excluding hydrogens is 434 g/mol. The second-order valence-corrected chi connectivity index (χ2v) is 9.01. The molecule has 33 heavy (non-hydrogen) atoms. The van der Waals surface area contributed by atoms with Crippen LogP contribution in [0.25, 0.3) is 28.0 Å². The van der Waals surface area contributed by atoms with Gasteiger partial charge in [-0.2, -0.15) is 4.98 Å². The van der Waals surface area contributed by atoms with Gasteiger partial charge in [0, 0.05) is 23.7 Å². The first-order valence-corrected chi connectivity index (χ1v) is 11.8. The van der Waals surface area contributed by atoms with E-state index in [0.717, 1.165) is 54.1 Å². The molecule has 0 saturated carbocycles. The second-order valence-electron chi connectivity index (χ2n) is 8.57. The van der Waals surface area contributed by atoms with E-state index in [-0.39, 0.29) is 0 Å². The van der Waals surface area contributed by atoms with Crippen LogP contribution >= 0.6 is 11.6 Å². The van der Waals surface area contributed by atoms with Crippen LogP contribution in [-0.4, -0.2) is 50.8 Å². The highest BCUT2D eigenvalue weighted by atomic mass is 35.5. The van der Waals surface area contributed by atoms with Crippen LogP contribution in [-0.2, 0) is 0 Å². The fraction of sp³-hybridized carbons (Fsp3) is 0.320. The summed E-state index contributed by atoms with van der Waals surface area (Å²) in [4.78, 5) is 12.0. The number of nitrogen functional groups attached to an aromatic ring is 1. The molecule has 3 N–H and O–H groups in total. The van der Waals surface area contributed by atoms with E-state index in [1.807, 2.05) is 55.5 Å². The first-order valence-electron chi connectivity index (χ1n) is 11.4. The van der Waals surface area contributed by atoms with Gasteiger partial charge < -0.3 is 16.0 Å². The number of benzene rings is 2. The number of nitrogens with zero attached hydrogens (tertiary/aromatic N) is 5. The maximum absolute atomic E-state index is 6.61. The van der Waals surface area contributed by atoms with Crippen molar-refractivity contribution in [2.75, 3.05) is 37.2 Å². The van der Waals surface area contributed by atoms with Crippen LogP contribution in [0.15, 0.2) is 48.5 Å². The van der Waals surface area contributed by atoms with Crippen molar-refractivity contribution in [3.8, 4) is 16.9 Å². The van der Waals surface area contributed by atoms with E-state index < -0.39 is 0 Å². The molecule has 1 aliphatic heterocycles. The molecule has 7 nitrogen and oxygen atoms in total. The van der Waals surface area contributed by atoms with Crippen molar-refractivity contribution in [2.24, 2.45) is 0 Å². The highest BCUT2D eigenvalue weighted by Crippen LogP contribution is 2.33. The van der Waals surface area contributed by atoms with E-state index >= 15 is 0 Å². The zero-order chi connectivity index (χ0) is 22.8. The Morgan fingerprint density at radius 3 is 2.64 bits per heavy atom. The van der Waals surface area contributed by atoms with Crippen molar-refractivity contribution in [1.82, 2.24) is 24.6 Å². The Hall–Kier alpha value is -3.16. The van der Waals surface area contributed by atoms with Gasteiger partial charge in [0.05, 0.1) is 16.8 Å². The Morgan fingerprint density at radius 2 is 1.85 bits per heavy atom. The molecule has 1 fully saturated rings. The summed E-state index contributed by atoms with van der Waals surface area (Å²) in [5, 5.41) is 9.51. The van der Waals surface area contributed by atoms with Gasteiger partial charge in [0.2, 0.25) is 5.95 Å². The van der Waals surface area contributed by atoms with Gasteiger partial charge >= 0.3 is 0 Å². The summed E-state index contributed by atoms with van der Waals surface area (Å²) < 4.78 is 1.73. The van der Waals surface area contributed by atoms with E-state index in [2.05, 4.69) is 10.2 Å². The zero-order valence-corrected chi connectivity index (χ0v) is 19.5. The third-order valence-electron chi connectivity index (χ3n) is 6.07. The van der Waals surface area contributed by atoms with Gasteiger partial charge in [0.25, 0.3) is 0 Å². The van der Waals surface area contributed by atoms with Crippen molar-refractivity contribution < 1.29 is 0 Å². The number of fused-ring (bicyclic) bond motifs is 1. The lowest BCUT2D eigenvalue weighted by atomic mass is 10.1. The molecule has 4 aromatic rings. The van der Waals surface area contributed by atoms with Crippen molar-refractivity contribution >= 4 is 34.4 Å². The summed E-state index contributed by atoms with van der Waals surface area (Å²) in [6.07, 6.45) is 3.88. The Bertz CT molecular complexity index is 1280. The molecule has 0 aliphatic carbocycles. The van der Waals surface area contributed by atoms with Crippen molar-refractivity contribution in [1.29, 1.82) is 0 Å². The molecule has 170 valence electrons. The van der Waals surface area contributed by atoms with Crippen molar-refractivity contribution in [3.63, 3.8) is 0 Å². The van der Waals surface area contributed by atoms with Gasteiger partial charge in [-0.15, -0.1) is 5.10 Å². The molecule has 2 aromatic heterocycles. The van der Waals surface area contributed by atoms with Gasteiger partial charge in [-0.1, -0.05) is 42.3 Å². The minimum Gasteiger partial charge on any atom is -0.383 e. The third-order valence-corrected chi connectivity index (χ3v) is 6.31. The smallest absolute Gasteiger partial charge is 0.225 e. The largest absolute Gasteiger partial charge is 0.383 e. The summed E-state index contributed by atoms with van der Waals surface area (Å²) in [5.41, 5.74) is 10.8. The maximum atomic E-state index is 6.61. The van der Waals surface area contributed by atoms with Crippen LogP contribution in [0.4, 0.5) is 11.8 Å². The monoisotopic (exact) mass is 461 g/mol. The minimum atomic E-state index is 0.505. The van der Waals surface area contributed by atoms with E-state index in [0.29, 0.717) is 22.4 Å². The average Bonchev–Trinajstić information content (AvgIpc) is 3.16. The fourth-order valence-electron chi connectivity index (χ4n) is 4.40. The standard InChI is InChI=1S/C25H28ClN7/c1-17-7-5-10-20(15-17)33-23(27)21-22(18-8-6-9-19(26)16-18)29-25(30-24(21)31-33)28-11-14-32-12-3-2-4-13-32/h5-10,15-16H,2-4,11-14,27H2,1H3,(H,28,30,31). The predicted molar refractivity (Wildman–Crippen MR) is 135 cm³/mol. The summed E-state index contributed by atoms with van der Waals surface area (Å²) in [6, 6.07) is 15.7. The highest BCUT2D eigenvalue weighted by molar-refractivity contribution is 6.30. The lowest BCUT2D eigenvalue weighted by Crippen LogP contribution is -2.33. The topological polar surface area (TPSA) is 84.9 Å². The number of anilines is 2. The molecule has 2 aromatic carbocycles. The van der Waals surface area contributed by atoms with Gasteiger partial charge in [-0.05, 0) is 62.7 Å². The molecule has 5 rings (SSSR count). The molecule has 0 radical (unpaired) electrons. The number of halogens is 1. The normalized spacial score (nSPS) is 14.6. The lowest BCUT2D eigenvalue weighted by molar-refractivity contribution is 0.237. The van der Waals surface area contributed by atoms with E-state index in [9.17, 15) is 0 Å². The molecule has 0 bridgehead atoms. The van der Waals surface area contributed by atoms with E-state index in [1.54, 1.807) is 4.68 Å². The van der Waals surface area contributed by atoms with Crippen LogP contribution in [0.2, 0.25) is 5.02 Å². The number of aromatic nitrogens is 4. The molecule has 0 unspecified atom stereocenters. The second kappa shape index (κ2) is 9.37. The highest BCUT2D eigenvalue weighted by Gasteiger charge is 2.19. The lowest BCUT2D eigenvalue weighted by Gasteiger charge is -2.26. The van der Waals surface area contributed by atoms with Crippen LogP contribution in [0.1, 0.15) is 24.8 Å². The molecule has 3 heterocycles. The molecule has 1 saturated heterocycles. The number of likely N-dealkylation sites (tertiary alicyclic amines) is 1. The summed E-state index contributed by atoms with van der Waals surface area (Å²) >= 11 is 6.30. The summed E-state index contributed by atoms with van der Waals surface area (Å²) in [6.45, 7) is 6.10.